The molecule has 0 unspecified atom stereocenters. The van der Waals surface area contributed by atoms with Crippen molar-refractivity contribution in [2.75, 3.05) is 33.2 Å². The number of rotatable bonds is 3. The topological polar surface area (TPSA) is 110 Å². The van der Waals surface area contributed by atoms with E-state index in [1.807, 2.05) is 4.90 Å². The summed E-state index contributed by atoms with van der Waals surface area (Å²) in [5.74, 6) is 0.261. The molecule has 9 nitrogen and oxygen atoms in total. The minimum atomic E-state index is -1.01. The predicted octanol–water partition coefficient (Wildman–Crippen LogP) is 4.57. The van der Waals surface area contributed by atoms with Gasteiger partial charge in [0.05, 0.1) is 11.9 Å². The summed E-state index contributed by atoms with van der Waals surface area (Å²) in [5.41, 5.74) is -1.09. The van der Waals surface area contributed by atoms with Crippen molar-refractivity contribution in [3.05, 3.63) is 34.4 Å². The highest BCUT2D eigenvalue weighted by Crippen LogP contribution is 2.71. The van der Waals surface area contributed by atoms with E-state index in [9.17, 15) is 19.5 Å². The molecule has 0 aromatic carbocycles. The van der Waals surface area contributed by atoms with Crippen LogP contribution in [0.25, 0.3) is 0 Å². The summed E-state index contributed by atoms with van der Waals surface area (Å²) in [4.78, 5) is 41.1. The molecule has 232 valence electrons. The number of aliphatic hydroxyl groups is 1. The Labute approximate surface area is 248 Å². The third kappa shape index (κ3) is 4.88. The Morgan fingerprint density at radius 1 is 1.00 bits per heavy atom. The van der Waals surface area contributed by atoms with Crippen molar-refractivity contribution in [1.82, 2.24) is 9.80 Å². The van der Waals surface area contributed by atoms with E-state index in [4.69, 9.17) is 13.9 Å². The van der Waals surface area contributed by atoms with E-state index >= 15 is 0 Å². The molecule has 5 aliphatic rings. The second kappa shape index (κ2) is 11.0. The van der Waals surface area contributed by atoms with Crippen LogP contribution in [0.5, 0.6) is 0 Å². The first kappa shape index (κ1) is 29.7. The van der Waals surface area contributed by atoms with E-state index in [1.165, 1.54) is 19.3 Å². The Kier molecular flexibility index (Phi) is 7.74. The molecule has 4 saturated carbocycles. The zero-order valence-corrected chi connectivity index (χ0v) is 25.7. The Balaban J connectivity index is 1.20. The van der Waals surface area contributed by atoms with Crippen LogP contribution in [-0.4, -0.2) is 78.0 Å². The number of likely N-dealkylation sites (N-methyl/N-ethyl adjacent to an activating group) is 1. The Bertz CT molecular complexity index is 1230. The fraction of sp³-hybridized carbons (Fsp3) is 0.788. The number of fused-ring (bicyclic) bond motifs is 5. The smallest absolute Gasteiger partial charge is 0.410 e. The molecule has 1 saturated heterocycles. The molecule has 2 heterocycles. The summed E-state index contributed by atoms with van der Waals surface area (Å²) < 4.78 is 17.2. The van der Waals surface area contributed by atoms with E-state index < -0.39 is 22.7 Å². The fourth-order valence-corrected chi connectivity index (χ4v) is 10.2. The van der Waals surface area contributed by atoms with E-state index in [1.54, 1.807) is 6.07 Å². The van der Waals surface area contributed by atoms with Gasteiger partial charge >= 0.3 is 17.7 Å². The third-order valence-corrected chi connectivity index (χ3v) is 12.4. The van der Waals surface area contributed by atoms with Crippen LogP contribution in [0.4, 0.5) is 4.79 Å². The molecule has 0 radical (unpaired) electrons. The number of carbonyl (C=O) groups is 2. The minimum Gasteiger partial charge on any atom is -0.462 e. The maximum atomic E-state index is 13.1. The predicted molar refractivity (Wildman–Crippen MR) is 156 cm³/mol. The average Bonchev–Trinajstić information content (AvgIpc) is 3.04. The molecule has 1 amide bonds. The fourth-order valence-electron chi connectivity index (χ4n) is 10.2. The first-order chi connectivity index (χ1) is 19.9. The van der Waals surface area contributed by atoms with Crippen LogP contribution < -0.4 is 5.63 Å². The minimum absolute atomic E-state index is 0.0537. The molecule has 0 spiro atoms. The lowest BCUT2D eigenvalue weighted by molar-refractivity contribution is -0.205. The summed E-state index contributed by atoms with van der Waals surface area (Å²) >= 11 is 0. The maximum Gasteiger partial charge on any atom is 0.410 e. The second-order valence-electron chi connectivity index (χ2n) is 14.5. The third-order valence-electron chi connectivity index (χ3n) is 12.4. The van der Waals surface area contributed by atoms with E-state index in [2.05, 4.69) is 25.8 Å². The molecule has 1 N–H and O–H groups in total. The number of esters is 1. The summed E-state index contributed by atoms with van der Waals surface area (Å²) in [6.07, 6.45) is 8.54. The molecule has 9 heteroatoms. The van der Waals surface area contributed by atoms with E-state index in [0.29, 0.717) is 18.3 Å². The molecule has 9 atom stereocenters. The zero-order chi connectivity index (χ0) is 29.9. The van der Waals surface area contributed by atoms with Crippen molar-refractivity contribution >= 4 is 12.1 Å². The van der Waals surface area contributed by atoms with Crippen LogP contribution in [0.1, 0.15) is 90.0 Å². The highest BCUT2D eigenvalue weighted by Gasteiger charge is 2.70. The van der Waals surface area contributed by atoms with E-state index in [-0.39, 0.29) is 35.4 Å². The number of amides is 1. The molecule has 0 bridgehead atoms. The van der Waals surface area contributed by atoms with Gasteiger partial charge in [0.25, 0.3) is 0 Å². The average molecular weight is 585 g/mol. The number of hydrogen-bond acceptors (Lipinski definition) is 8. The lowest BCUT2D eigenvalue weighted by Crippen LogP contribution is -2.62. The van der Waals surface area contributed by atoms with Gasteiger partial charge in [0.1, 0.15) is 12.2 Å². The van der Waals surface area contributed by atoms with Gasteiger partial charge in [-0.1, -0.05) is 13.8 Å². The summed E-state index contributed by atoms with van der Waals surface area (Å²) in [7, 11) is 2.10. The van der Waals surface area contributed by atoms with Crippen LogP contribution in [0.3, 0.4) is 0 Å². The second-order valence-corrected chi connectivity index (χ2v) is 14.5. The quantitative estimate of drug-likeness (QED) is 0.515. The maximum absolute atomic E-state index is 13.1. The van der Waals surface area contributed by atoms with Gasteiger partial charge < -0.3 is 28.8 Å². The number of hydrogen-bond donors (Lipinski definition) is 1. The van der Waals surface area contributed by atoms with E-state index in [0.717, 1.165) is 83.1 Å². The largest absolute Gasteiger partial charge is 0.462 e. The lowest BCUT2D eigenvalue weighted by Gasteiger charge is -2.63. The first-order valence-corrected chi connectivity index (χ1v) is 16.1. The molecular weight excluding hydrogens is 536 g/mol. The number of nitrogens with zero attached hydrogens (tertiary/aromatic N) is 2. The Hall–Kier alpha value is -2.39. The van der Waals surface area contributed by atoms with Crippen molar-refractivity contribution in [2.24, 2.45) is 28.6 Å². The van der Waals surface area contributed by atoms with Crippen LogP contribution in [0, 0.1) is 28.6 Å². The van der Waals surface area contributed by atoms with Crippen molar-refractivity contribution in [3.63, 3.8) is 0 Å². The molecule has 42 heavy (non-hydrogen) atoms. The normalized spacial score (nSPS) is 42.1. The highest BCUT2D eigenvalue weighted by atomic mass is 16.6. The highest BCUT2D eigenvalue weighted by molar-refractivity contribution is 5.68. The van der Waals surface area contributed by atoms with Crippen LogP contribution in [0.2, 0.25) is 0 Å². The van der Waals surface area contributed by atoms with Crippen molar-refractivity contribution in [1.29, 1.82) is 0 Å². The Morgan fingerprint density at radius 3 is 2.55 bits per heavy atom. The van der Waals surface area contributed by atoms with Gasteiger partial charge in [-0.3, -0.25) is 4.79 Å². The van der Waals surface area contributed by atoms with Crippen molar-refractivity contribution in [2.45, 2.75) is 102 Å². The first-order valence-electron chi connectivity index (χ1n) is 16.1. The SMILES string of the molecule is CC(=O)O[C@H]1C[C@]2(O)[C@@H]3CC[C@@H]4C[C@@H](OC(=O)N5CCCN(C)CC5)CC[C@]4(C)[C@H]3CC[C@]2(C)[C@H]1c1ccc(=O)oc1. The number of ether oxygens (including phenoxy) is 2. The van der Waals surface area contributed by atoms with Crippen LogP contribution in [-0.2, 0) is 14.3 Å². The molecule has 1 aromatic rings. The van der Waals surface area contributed by atoms with Gasteiger partial charge in [-0.25, -0.2) is 9.59 Å². The van der Waals surface area contributed by atoms with Gasteiger partial charge in [-0.15, -0.1) is 0 Å². The summed E-state index contributed by atoms with van der Waals surface area (Å²) in [5, 5.41) is 12.7. The van der Waals surface area contributed by atoms with Gasteiger partial charge in [0.2, 0.25) is 0 Å². The van der Waals surface area contributed by atoms with Gasteiger partial charge in [-0.05, 0) is 99.8 Å². The molecule has 4 aliphatic carbocycles. The molecule has 5 fully saturated rings. The molecule has 6 rings (SSSR count). The lowest BCUT2D eigenvalue weighted by atomic mass is 9.43. The Morgan fingerprint density at radius 2 is 1.81 bits per heavy atom. The molecule has 1 aromatic heterocycles. The summed E-state index contributed by atoms with van der Waals surface area (Å²) in [6.45, 7) is 9.33. The van der Waals surface area contributed by atoms with Gasteiger partial charge in [-0.2, -0.15) is 0 Å². The van der Waals surface area contributed by atoms with Gasteiger partial charge in [0.15, 0.2) is 0 Å². The van der Waals surface area contributed by atoms with Crippen molar-refractivity contribution < 1.29 is 28.6 Å². The van der Waals surface area contributed by atoms with Crippen LogP contribution >= 0.6 is 0 Å². The van der Waals surface area contributed by atoms with Crippen LogP contribution in [0.15, 0.2) is 27.6 Å². The summed E-state index contributed by atoms with van der Waals surface area (Å²) in [6, 6.07) is 3.18. The van der Waals surface area contributed by atoms with Crippen molar-refractivity contribution in [3.8, 4) is 0 Å². The standard InChI is InChI=1S/C33H48N2O7/c1-21(36)41-27-19-33(39)26-8-7-23-18-24(42-30(38)35-15-5-14-34(4)16-17-35)10-12-31(23,2)25(26)11-13-32(33,3)29(27)22-6-9-28(37)40-20-22/h6,9,20,23-27,29,39H,5,7-8,10-19H2,1-4H3/t23-,24+,25+,26-,27+,29+,31+,32-,33+/m1/s1. The monoisotopic (exact) mass is 584 g/mol. The molecular formula is C33H48N2O7. The zero-order valence-electron chi connectivity index (χ0n) is 25.7. The molecule has 1 aliphatic heterocycles. The van der Waals surface area contributed by atoms with Gasteiger partial charge in [0, 0.05) is 50.4 Å². The number of carbonyl (C=O) groups excluding carboxylic acids is 2.